The van der Waals surface area contributed by atoms with Crippen molar-refractivity contribution in [3.63, 3.8) is 0 Å². The molecule has 0 aromatic rings. The van der Waals surface area contributed by atoms with Gasteiger partial charge in [0.15, 0.2) is 0 Å². The van der Waals surface area contributed by atoms with E-state index in [4.69, 9.17) is 0 Å². The third-order valence-electron chi connectivity index (χ3n) is 4.14. The molecular formula is C14H22N2O3S. The highest BCUT2D eigenvalue weighted by Gasteiger charge is 2.44. The van der Waals surface area contributed by atoms with Gasteiger partial charge in [0.1, 0.15) is 5.92 Å². The van der Waals surface area contributed by atoms with Crippen molar-refractivity contribution in [3.05, 3.63) is 0 Å². The number of hydrogen-bond acceptors (Lipinski definition) is 4. The van der Waals surface area contributed by atoms with E-state index in [1.54, 1.807) is 11.8 Å². The molecule has 0 aromatic carbocycles. The predicted molar refractivity (Wildman–Crippen MR) is 78.3 cm³/mol. The molecule has 1 atom stereocenters. The SMILES string of the molecule is CSCCCCN1C(=O)NC(=O)C(C2CCCC2)C1=O. The molecule has 1 N–H and O–H groups in total. The van der Waals surface area contributed by atoms with E-state index in [-0.39, 0.29) is 11.8 Å². The van der Waals surface area contributed by atoms with Crippen LogP contribution in [0.2, 0.25) is 0 Å². The molecule has 1 aliphatic heterocycles. The Hall–Kier alpha value is -1.04. The number of hydrogen-bond donors (Lipinski definition) is 1. The molecule has 0 spiro atoms. The fraction of sp³-hybridized carbons (Fsp3) is 0.786. The summed E-state index contributed by atoms with van der Waals surface area (Å²) in [4.78, 5) is 37.4. The van der Waals surface area contributed by atoms with E-state index in [1.807, 2.05) is 6.26 Å². The van der Waals surface area contributed by atoms with Crippen LogP contribution in [0, 0.1) is 11.8 Å². The number of carbonyl (C=O) groups excluding carboxylic acids is 3. The number of unbranched alkanes of at least 4 members (excludes halogenated alkanes) is 1. The molecule has 2 aliphatic rings. The summed E-state index contributed by atoms with van der Waals surface area (Å²) in [5.41, 5.74) is 0. The Morgan fingerprint density at radius 2 is 1.90 bits per heavy atom. The summed E-state index contributed by atoms with van der Waals surface area (Å²) in [5.74, 6) is -0.184. The van der Waals surface area contributed by atoms with Crippen molar-refractivity contribution in [3.8, 4) is 0 Å². The number of thioether (sulfide) groups is 1. The summed E-state index contributed by atoms with van der Waals surface area (Å²) in [6.45, 7) is 0.418. The van der Waals surface area contributed by atoms with Crippen LogP contribution in [0.15, 0.2) is 0 Å². The van der Waals surface area contributed by atoms with Crippen molar-refractivity contribution in [2.75, 3.05) is 18.6 Å². The van der Waals surface area contributed by atoms with Crippen molar-refractivity contribution in [2.24, 2.45) is 11.8 Å². The van der Waals surface area contributed by atoms with E-state index >= 15 is 0 Å². The Morgan fingerprint density at radius 3 is 2.55 bits per heavy atom. The lowest BCUT2D eigenvalue weighted by Crippen LogP contribution is -2.59. The maximum absolute atomic E-state index is 12.4. The van der Waals surface area contributed by atoms with Crippen molar-refractivity contribution in [1.29, 1.82) is 0 Å². The Kier molecular flexibility index (Phi) is 5.46. The van der Waals surface area contributed by atoms with Crippen LogP contribution in [0.3, 0.4) is 0 Å². The minimum absolute atomic E-state index is 0.115. The Balaban J connectivity index is 1.98. The first-order valence-electron chi connectivity index (χ1n) is 7.30. The van der Waals surface area contributed by atoms with Crippen LogP contribution >= 0.6 is 11.8 Å². The van der Waals surface area contributed by atoms with Gasteiger partial charge in [-0.1, -0.05) is 12.8 Å². The largest absolute Gasteiger partial charge is 0.330 e. The molecule has 1 unspecified atom stereocenters. The van der Waals surface area contributed by atoms with Crippen molar-refractivity contribution < 1.29 is 14.4 Å². The molecule has 1 saturated heterocycles. The molecule has 20 heavy (non-hydrogen) atoms. The lowest BCUT2D eigenvalue weighted by atomic mass is 9.87. The van der Waals surface area contributed by atoms with Gasteiger partial charge in [-0.3, -0.25) is 19.8 Å². The van der Waals surface area contributed by atoms with Gasteiger partial charge in [-0.2, -0.15) is 11.8 Å². The third-order valence-corrected chi connectivity index (χ3v) is 4.84. The smallest absolute Gasteiger partial charge is 0.277 e. The first-order valence-corrected chi connectivity index (χ1v) is 8.69. The first kappa shape index (κ1) is 15.4. The van der Waals surface area contributed by atoms with E-state index in [9.17, 15) is 14.4 Å². The highest BCUT2D eigenvalue weighted by molar-refractivity contribution is 7.98. The van der Waals surface area contributed by atoms with Crippen molar-refractivity contribution >= 4 is 29.6 Å². The summed E-state index contributed by atoms with van der Waals surface area (Å²) < 4.78 is 0. The van der Waals surface area contributed by atoms with Gasteiger partial charge in [0.05, 0.1) is 0 Å². The van der Waals surface area contributed by atoms with Gasteiger partial charge < -0.3 is 0 Å². The Labute approximate surface area is 123 Å². The fourth-order valence-electron chi connectivity index (χ4n) is 3.07. The number of barbiturate groups is 1. The molecule has 4 amide bonds. The molecule has 1 heterocycles. The zero-order valence-electron chi connectivity index (χ0n) is 11.9. The van der Waals surface area contributed by atoms with E-state index in [0.29, 0.717) is 6.54 Å². The summed E-state index contributed by atoms with van der Waals surface area (Å²) in [6.07, 6.45) is 7.78. The highest BCUT2D eigenvalue weighted by atomic mass is 32.2. The van der Waals surface area contributed by atoms with E-state index in [1.165, 1.54) is 4.90 Å². The quantitative estimate of drug-likeness (QED) is 0.602. The summed E-state index contributed by atoms with van der Waals surface area (Å²) in [6, 6.07) is -0.543. The monoisotopic (exact) mass is 298 g/mol. The zero-order chi connectivity index (χ0) is 14.5. The predicted octanol–water partition coefficient (Wildman–Crippen LogP) is 2.01. The Bertz CT molecular complexity index is 394. The second-order valence-corrected chi connectivity index (χ2v) is 6.49. The van der Waals surface area contributed by atoms with Gasteiger partial charge in [-0.15, -0.1) is 0 Å². The van der Waals surface area contributed by atoms with Crippen LogP contribution in [0.25, 0.3) is 0 Å². The molecule has 6 heteroatoms. The summed E-state index contributed by atoms with van der Waals surface area (Å²) in [7, 11) is 0. The van der Waals surface area contributed by atoms with Crippen molar-refractivity contribution in [1.82, 2.24) is 10.2 Å². The minimum atomic E-state index is -0.643. The highest BCUT2D eigenvalue weighted by Crippen LogP contribution is 2.33. The van der Waals surface area contributed by atoms with Gasteiger partial charge in [-0.05, 0) is 43.6 Å². The normalized spacial score (nSPS) is 24.4. The number of urea groups is 1. The van der Waals surface area contributed by atoms with Crippen LogP contribution < -0.4 is 5.32 Å². The number of rotatable bonds is 6. The second-order valence-electron chi connectivity index (χ2n) is 5.51. The van der Waals surface area contributed by atoms with Crippen LogP contribution in [0.4, 0.5) is 4.79 Å². The summed E-state index contributed by atoms with van der Waals surface area (Å²) >= 11 is 1.75. The average Bonchev–Trinajstić information content (AvgIpc) is 2.91. The molecule has 1 saturated carbocycles. The standard InChI is InChI=1S/C14H22N2O3S/c1-20-9-5-4-8-16-13(18)11(10-6-2-3-7-10)12(17)15-14(16)19/h10-11H,2-9H2,1H3,(H,15,17,19). The Morgan fingerprint density at radius 1 is 1.20 bits per heavy atom. The number of imide groups is 2. The van der Waals surface area contributed by atoms with Crippen LogP contribution in [0.5, 0.6) is 0 Å². The minimum Gasteiger partial charge on any atom is -0.277 e. The maximum atomic E-state index is 12.4. The van der Waals surface area contributed by atoms with Gasteiger partial charge in [0.25, 0.3) is 0 Å². The van der Waals surface area contributed by atoms with Crippen molar-refractivity contribution in [2.45, 2.75) is 38.5 Å². The van der Waals surface area contributed by atoms with Gasteiger partial charge in [-0.25, -0.2) is 4.79 Å². The number of nitrogens with zero attached hydrogens (tertiary/aromatic N) is 1. The summed E-state index contributed by atoms with van der Waals surface area (Å²) in [5, 5.41) is 2.35. The molecule has 112 valence electrons. The number of nitrogens with one attached hydrogen (secondary N) is 1. The zero-order valence-corrected chi connectivity index (χ0v) is 12.7. The number of amides is 4. The van der Waals surface area contributed by atoms with E-state index < -0.39 is 17.9 Å². The second kappa shape index (κ2) is 7.11. The molecule has 0 aromatic heterocycles. The molecule has 1 aliphatic carbocycles. The lowest BCUT2D eigenvalue weighted by molar-refractivity contribution is -0.145. The van der Waals surface area contributed by atoms with Gasteiger partial charge >= 0.3 is 6.03 Å². The van der Waals surface area contributed by atoms with Gasteiger partial charge in [0, 0.05) is 6.54 Å². The molecule has 0 radical (unpaired) electrons. The maximum Gasteiger partial charge on any atom is 0.330 e. The van der Waals surface area contributed by atoms with Crippen LogP contribution in [-0.4, -0.2) is 41.3 Å². The molecule has 2 rings (SSSR count). The molecular weight excluding hydrogens is 276 g/mol. The van der Waals surface area contributed by atoms with Crippen LogP contribution in [-0.2, 0) is 9.59 Å². The topological polar surface area (TPSA) is 66.5 Å². The molecule has 2 fully saturated rings. The van der Waals surface area contributed by atoms with E-state index in [2.05, 4.69) is 5.32 Å². The molecule has 0 bridgehead atoms. The van der Waals surface area contributed by atoms with E-state index in [0.717, 1.165) is 44.3 Å². The van der Waals surface area contributed by atoms with Gasteiger partial charge in [0.2, 0.25) is 11.8 Å². The first-order chi connectivity index (χ1) is 9.65. The molecule has 5 nitrogen and oxygen atoms in total. The third kappa shape index (κ3) is 3.34. The fourth-order valence-corrected chi connectivity index (χ4v) is 3.56. The number of carbonyl (C=O) groups is 3. The lowest BCUT2D eigenvalue weighted by Gasteiger charge is -2.32. The van der Waals surface area contributed by atoms with Crippen LogP contribution in [0.1, 0.15) is 38.5 Å². The average molecular weight is 298 g/mol.